The molecule has 8 heteroatoms. The Morgan fingerprint density at radius 2 is 1.90 bits per heavy atom. The van der Waals surface area contributed by atoms with Crippen LogP contribution in [0.4, 0.5) is 16.2 Å². The second-order valence-electron chi connectivity index (χ2n) is 4.69. The highest BCUT2D eigenvalue weighted by molar-refractivity contribution is 6.67. The Bertz CT molecular complexity index is 661. The summed E-state index contributed by atoms with van der Waals surface area (Å²) >= 11 is 0. The zero-order valence-electron chi connectivity index (χ0n) is 11.9. The first-order chi connectivity index (χ1) is 9.82. The number of amides is 3. The monoisotopic (exact) mass is 289 g/mol. The molecule has 0 saturated heterocycles. The Morgan fingerprint density at radius 1 is 1.33 bits per heavy atom. The Kier molecular flexibility index (Phi) is 3.62. The molecule has 0 saturated carbocycles. The maximum atomic E-state index is 12.3. The summed E-state index contributed by atoms with van der Waals surface area (Å²) in [6, 6.07) is 5.65. The van der Waals surface area contributed by atoms with E-state index in [0.29, 0.717) is 9.75 Å². The van der Waals surface area contributed by atoms with Crippen molar-refractivity contribution in [2.45, 2.75) is 6.92 Å². The average Bonchev–Trinajstić information content (AvgIpc) is 2.73. The molecule has 0 fully saturated rings. The SMILES string of the molecule is CC1=NN(C(N)=O)C(=O)/C1=[N+](/[O-])c1ccc(N(C)C)cc1. The number of imide groups is 1. The highest BCUT2D eigenvalue weighted by Crippen LogP contribution is 2.19. The number of rotatable bonds is 2. The number of carbonyl (C=O) groups excluding carboxylic acids is 2. The third kappa shape index (κ3) is 2.55. The van der Waals surface area contributed by atoms with E-state index in [9.17, 15) is 14.8 Å². The van der Waals surface area contributed by atoms with Gasteiger partial charge in [0.05, 0.1) is 0 Å². The third-order valence-electron chi connectivity index (χ3n) is 3.00. The van der Waals surface area contributed by atoms with Crippen LogP contribution in [0.5, 0.6) is 0 Å². The molecule has 2 N–H and O–H groups in total. The number of nitrogens with zero attached hydrogens (tertiary/aromatic N) is 4. The van der Waals surface area contributed by atoms with Gasteiger partial charge in [0, 0.05) is 31.9 Å². The van der Waals surface area contributed by atoms with Crippen molar-refractivity contribution in [2.75, 3.05) is 19.0 Å². The molecule has 0 aliphatic carbocycles. The van der Waals surface area contributed by atoms with Gasteiger partial charge in [-0.15, -0.1) is 5.01 Å². The molecule has 1 heterocycles. The first-order valence-corrected chi connectivity index (χ1v) is 6.14. The first kappa shape index (κ1) is 14.5. The minimum absolute atomic E-state index is 0.144. The summed E-state index contributed by atoms with van der Waals surface area (Å²) in [5, 5.41) is 16.5. The van der Waals surface area contributed by atoms with Crippen molar-refractivity contribution in [3.8, 4) is 0 Å². The van der Waals surface area contributed by atoms with Crippen molar-refractivity contribution in [3.05, 3.63) is 29.5 Å². The van der Waals surface area contributed by atoms with Gasteiger partial charge >= 0.3 is 17.6 Å². The second-order valence-corrected chi connectivity index (χ2v) is 4.69. The van der Waals surface area contributed by atoms with Crippen molar-refractivity contribution in [1.82, 2.24) is 5.01 Å². The molecule has 1 aliphatic heterocycles. The average molecular weight is 289 g/mol. The van der Waals surface area contributed by atoms with Crippen molar-refractivity contribution in [1.29, 1.82) is 0 Å². The van der Waals surface area contributed by atoms with Gasteiger partial charge < -0.3 is 15.8 Å². The van der Waals surface area contributed by atoms with Gasteiger partial charge in [0.15, 0.2) is 0 Å². The first-order valence-electron chi connectivity index (χ1n) is 6.14. The van der Waals surface area contributed by atoms with E-state index in [4.69, 9.17) is 5.73 Å². The lowest BCUT2D eigenvalue weighted by Crippen LogP contribution is -2.38. The van der Waals surface area contributed by atoms with Gasteiger partial charge in [0.2, 0.25) is 5.69 Å². The molecule has 0 aromatic heterocycles. The third-order valence-corrected chi connectivity index (χ3v) is 3.00. The zero-order valence-corrected chi connectivity index (χ0v) is 11.9. The molecule has 0 radical (unpaired) electrons. The molecule has 0 unspecified atom stereocenters. The van der Waals surface area contributed by atoms with Gasteiger partial charge in [-0.25, -0.2) is 4.79 Å². The van der Waals surface area contributed by atoms with E-state index in [0.717, 1.165) is 5.69 Å². The van der Waals surface area contributed by atoms with Crippen LogP contribution < -0.4 is 10.6 Å². The lowest BCUT2D eigenvalue weighted by Gasteiger charge is -2.12. The topological polar surface area (TPSA) is 105 Å². The summed E-state index contributed by atoms with van der Waals surface area (Å²) in [5.74, 6) is -0.827. The highest BCUT2D eigenvalue weighted by Gasteiger charge is 2.39. The molecular weight excluding hydrogens is 274 g/mol. The van der Waals surface area contributed by atoms with Gasteiger partial charge in [0.25, 0.3) is 0 Å². The maximum Gasteiger partial charge on any atom is 0.350 e. The lowest BCUT2D eigenvalue weighted by molar-refractivity contribution is -0.357. The van der Waals surface area contributed by atoms with E-state index in [2.05, 4.69) is 5.10 Å². The fourth-order valence-electron chi connectivity index (χ4n) is 1.90. The fraction of sp³-hybridized carbons (Fsp3) is 0.231. The number of carbonyl (C=O) groups is 2. The molecule has 0 bridgehead atoms. The number of primary amides is 1. The van der Waals surface area contributed by atoms with E-state index < -0.39 is 11.9 Å². The van der Waals surface area contributed by atoms with Crippen LogP contribution in [0.3, 0.4) is 0 Å². The quantitative estimate of drug-likeness (QED) is 0.489. The van der Waals surface area contributed by atoms with Gasteiger partial charge in [-0.2, -0.15) is 9.84 Å². The number of urea groups is 1. The molecule has 2 rings (SSSR count). The van der Waals surface area contributed by atoms with Crippen molar-refractivity contribution >= 4 is 34.7 Å². The molecule has 8 nitrogen and oxygen atoms in total. The summed E-state index contributed by atoms with van der Waals surface area (Å²) in [4.78, 5) is 24.9. The summed E-state index contributed by atoms with van der Waals surface area (Å²) < 4.78 is 0.448. The number of benzene rings is 1. The van der Waals surface area contributed by atoms with Gasteiger partial charge in [-0.3, -0.25) is 4.79 Å². The van der Waals surface area contributed by atoms with Crippen LogP contribution in [0.2, 0.25) is 0 Å². The van der Waals surface area contributed by atoms with Crippen LogP contribution in [0.1, 0.15) is 6.92 Å². The summed E-state index contributed by atoms with van der Waals surface area (Å²) in [5.41, 5.74) is 6.14. The number of hydrogen-bond donors (Lipinski definition) is 1. The minimum atomic E-state index is -1.02. The van der Waals surface area contributed by atoms with Gasteiger partial charge in [0.1, 0.15) is 5.71 Å². The zero-order chi connectivity index (χ0) is 15.7. The number of hydrazone groups is 1. The number of anilines is 1. The van der Waals surface area contributed by atoms with Crippen LogP contribution in [0.25, 0.3) is 0 Å². The van der Waals surface area contributed by atoms with Gasteiger partial charge in [-0.1, -0.05) is 0 Å². The number of nitrogens with two attached hydrogens (primary N) is 1. The molecule has 0 atom stereocenters. The maximum absolute atomic E-state index is 12.3. The molecule has 0 spiro atoms. The molecule has 3 amide bonds. The Balaban J connectivity index is 2.42. The Labute approximate surface area is 121 Å². The minimum Gasteiger partial charge on any atom is -0.618 e. The van der Waals surface area contributed by atoms with E-state index in [-0.39, 0.29) is 17.1 Å². The standard InChI is InChI=1S/C13H15N5O3/c1-8-11(12(19)17(15-8)13(14)20)18(21)10-6-4-9(5-7-10)16(2)3/h4-7H,1-3H3,(H2,14,20)/b18-11+. The van der Waals surface area contributed by atoms with Crippen molar-refractivity contribution < 1.29 is 14.3 Å². The number of hydrogen-bond acceptors (Lipinski definition) is 5. The molecule has 1 aliphatic rings. The van der Waals surface area contributed by atoms with E-state index in [1.54, 1.807) is 24.3 Å². The fourth-order valence-corrected chi connectivity index (χ4v) is 1.90. The van der Waals surface area contributed by atoms with E-state index in [1.807, 2.05) is 19.0 Å². The summed E-state index contributed by atoms with van der Waals surface area (Å²) in [6.45, 7) is 1.47. The smallest absolute Gasteiger partial charge is 0.350 e. The predicted molar refractivity (Wildman–Crippen MR) is 78.6 cm³/mol. The summed E-state index contributed by atoms with van der Waals surface area (Å²) in [6.07, 6.45) is 0. The molecule has 1 aromatic carbocycles. The van der Waals surface area contributed by atoms with Crippen LogP contribution in [0.15, 0.2) is 29.4 Å². The Morgan fingerprint density at radius 3 is 2.33 bits per heavy atom. The predicted octanol–water partition coefficient (Wildman–Crippen LogP) is 0.632. The Hall–Kier alpha value is -2.90. The lowest BCUT2D eigenvalue weighted by atomic mass is 10.2. The van der Waals surface area contributed by atoms with Crippen LogP contribution in [-0.2, 0) is 4.79 Å². The van der Waals surface area contributed by atoms with Crippen LogP contribution >= 0.6 is 0 Å². The molecule has 110 valence electrons. The molecular formula is C13H15N5O3. The second kappa shape index (κ2) is 5.23. The van der Waals surface area contributed by atoms with Crippen molar-refractivity contribution in [2.24, 2.45) is 10.8 Å². The molecule has 21 heavy (non-hydrogen) atoms. The highest BCUT2D eigenvalue weighted by atomic mass is 16.5. The molecule has 1 aromatic rings. The largest absolute Gasteiger partial charge is 0.618 e. The van der Waals surface area contributed by atoms with Crippen LogP contribution in [-0.4, -0.2) is 47.2 Å². The van der Waals surface area contributed by atoms with E-state index in [1.165, 1.54) is 6.92 Å². The van der Waals surface area contributed by atoms with Crippen LogP contribution in [0, 0.1) is 5.21 Å². The van der Waals surface area contributed by atoms with E-state index >= 15 is 0 Å². The summed E-state index contributed by atoms with van der Waals surface area (Å²) in [7, 11) is 3.75. The van der Waals surface area contributed by atoms with Gasteiger partial charge in [-0.05, 0) is 19.1 Å². The van der Waals surface area contributed by atoms with Crippen molar-refractivity contribution in [3.63, 3.8) is 0 Å². The normalized spacial score (nSPS) is 16.8.